The van der Waals surface area contributed by atoms with Crippen LogP contribution >= 0.6 is 0 Å². The topological polar surface area (TPSA) is 38.3 Å². The maximum Gasteiger partial charge on any atom is 0.326 e. The van der Waals surface area contributed by atoms with Crippen molar-refractivity contribution in [2.24, 2.45) is 0 Å². The van der Waals surface area contributed by atoms with E-state index in [0.29, 0.717) is 12.5 Å². The van der Waals surface area contributed by atoms with E-state index in [4.69, 9.17) is 4.74 Å². The van der Waals surface area contributed by atoms with Crippen molar-refractivity contribution in [2.75, 3.05) is 7.11 Å². The number of hydrogen-bond donors (Lipinski definition) is 1. The van der Waals surface area contributed by atoms with Crippen molar-refractivity contribution in [3.05, 3.63) is 35.6 Å². The Balaban J connectivity index is 2.13. The second kappa shape index (κ2) is 7.03. The summed E-state index contributed by atoms with van der Waals surface area (Å²) in [6.45, 7) is 1.85. The summed E-state index contributed by atoms with van der Waals surface area (Å²) in [5, 5.41) is 3.45. The standard InChI is InChI=1S/C17H24FNO2/c1-17(16(20)21-2,19-15-9-4-3-5-10-15)12-13-7-6-8-14(18)11-13/h6-8,11,15,19H,3-5,9-10,12H2,1-2H3. The van der Waals surface area contributed by atoms with E-state index >= 15 is 0 Å². The zero-order chi connectivity index (χ0) is 15.3. The van der Waals surface area contributed by atoms with E-state index in [0.717, 1.165) is 18.4 Å². The number of nitrogens with one attached hydrogen (secondary N) is 1. The van der Waals surface area contributed by atoms with Gasteiger partial charge in [0.2, 0.25) is 0 Å². The molecule has 116 valence electrons. The van der Waals surface area contributed by atoms with Gasteiger partial charge in [0.1, 0.15) is 11.4 Å². The number of benzene rings is 1. The zero-order valence-electron chi connectivity index (χ0n) is 12.8. The minimum atomic E-state index is -0.815. The Kier molecular flexibility index (Phi) is 5.34. The molecule has 1 aromatic carbocycles. The molecule has 2 rings (SSSR count). The number of carbonyl (C=O) groups excluding carboxylic acids is 1. The van der Waals surface area contributed by atoms with E-state index in [-0.39, 0.29) is 11.8 Å². The number of hydrogen-bond acceptors (Lipinski definition) is 3. The zero-order valence-corrected chi connectivity index (χ0v) is 12.8. The van der Waals surface area contributed by atoms with Crippen LogP contribution in [0.5, 0.6) is 0 Å². The van der Waals surface area contributed by atoms with Crippen LogP contribution in [-0.4, -0.2) is 24.7 Å². The lowest BCUT2D eigenvalue weighted by Crippen LogP contribution is -2.56. The molecule has 0 aliphatic heterocycles. The van der Waals surface area contributed by atoms with E-state index < -0.39 is 5.54 Å². The van der Waals surface area contributed by atoms with Gasteiger partial charge in [-0.25, -0.2) is 4.39 Å². The molecule has 0 heterocycles. The van der Waals surface area contributed by atoms with Gasteiger partial charge < -0.3 is 4.74 Å². The number of halogens is 1. The van der Waals surface area contributed by atoms with Gasteiger partial charge in [0.15, 0.2) is 0 Å². The Hall–Kier alpha value is -1.42. The Bertz CT molecular complexity index is 485. The van der Waals surface area contributed by atoms with Crippen LogP contribution in [0.2, 0.25) is 0 Å². The molecule has 1 saturated carbocycles. The molecule has 1 atom stereocenters. The van der Waals surface area contributed by atoms with Crippen molar-refractivity contribution in [3.8, 4) is 0 Å². The molecule has 0 bridgehead atoms. The summed E-state index contributed by atoms with van der Waals surface area (Å²) in [6, 6.07) is 6.73. The molecule has 21 heavy (non-hydrogen) atoms. The van der Waals surface area contributed by atoms with E-state index in [2.05, 4.69) is 5.32 Å². The first-order valence-corrected chi connectivity index (χ1v) is 7.64. The highest BCUT2D eigenvalue weighted by Gasteiger charge is 2.36. The quantitative estimate of drug-likeness (QED) is 0.847. The molecule has 1 aromatic rings. The molecule has 0 aromatic heterocycles. The van der Waals surface area contributed by atoms with Gasteiger partial charge in [-0.05, 0) is 37.5 Å². The van der Waals surface area contributed by atoms with Crippen molar-refractivity contribution in [1.82, 2.24) is 5.32 Å². The fourth-order valence-corrected chi connectivity index (χ4v) is 3.16. The van der Waals surface area contributed by atoms with Gasteiger partial charge in [-0.1, -0.05) is 31.4 Å². The van der Waals surface area contributed by atoms with E-state index in [1.807, 2.05) is 13.0 Å². The van der Waals surface area contributed by atoms with Crippen LogP contribution in [0, 0.1) is 5.82 Å². The first-order chi connectivity index (χ1) is 10.0. The van der Waals surface area contributed by atoms with Gasteiger partial charge in [-0.2, -0.15) is 0 Å². The molecule has 3 nitrogen and oxygen atoms in total. The molecule has 1 N–H and O–H groups in total. The van der Waals surface area contributed by atoms with E-state index in [9.17, 15) is 9.18 Å². The summed E-state index contributed by atoms with van der Waals surface area (Å²) < 4.78 is 18.3. The summed E-state index contributed by atoms with van der Waals surface area (Å²) in [5.74, 6) is -0.574. The van der Waals surface area contributed by atoms with E-state index in [1.165, 1.54) is 38.5 Å². The SMILES string of the molecule is COC(=O)C(C)(Cc1cccc(F)c1)NC1CCCCC1. The van der Waals surface area contributed by atoms with Crippen LogP contribution in [0.15, 0.2) is 24.3 Å². The fraction of sp³-hybridized carbons (Fsp3) is 0.588. The number of ether oxygens (including phenoxy) is 1. The summed E-state index contributed by atoms with van der Waals surface area (Å²) in [6.07, 6.45) is 6.22. The van der Waals surface area contributed by atoms with Gasteiger partial charge in [0.05, 0.1) is 7.11 Å². The second-order valence-electron chi connectivity index (χ2n) is 6.11. The van der Waals surface area contributed by atoms with Crippen molar-refractivity contribution >= 4 is 5.97 Å². The molecule has 0 saturated heterocycles. The molecule has 4 heteroatoms. The van der Waals surface area contributed by atoms with Crippen LogP contribution in [0.25, 0.3) is 0 Å². The molecule has 1 fully saturated rings. The molecular formula is C17H24FNO2. The third-order valence-electron chi connectivity index (χ3n) is 4.21. The smallest absolute Gasteiger partial charge is 0.326 e. The Labute approximate surface area is 125 Å². The monoisotopic (exact) mass is 293 g/mol. The lowest BCUT2D eigenvalue weighted by atomic mass is 9.88. The highest BCUT2D eigenvalue weighted by atomic mass is 19.1. The van der Waals surface area contributed by atoms with Gasteiger partial charge >= 0.3 is 5.97 Å². The first-order valence-electron chi connectivity index (χ1n) is 7.64. The lowest BCUT2D eigenvalue weighted by molar-refractivity contribution is -0.148. The minimum Gasteiger partial charge on any atom is -0.468 e. The largest absolute Gasteiger partial charge is 0.468 e. The Morgan fingerprint density at radius 2 is 2.10 bits per heavy atom. The van der Waals surface area contributed by atoms with E-state index in [1.54, 1.807) is 6.07 Å². The third-order valence-corrected chi connectivity index (χ3v) is 4.21. The second-order valence-corrected chi connectivity index (χ2v) is 6.11. The third kappa shape index (κ3) is 4.27. The molecule has 1 aliphatic rings. The van der Waals surface area contributed by atoms with Crippen LogP contribution in [-0.2, 0) is 16.0 Å². The average Bonchev–Trinajstić information content (AvgIpc) is 2.47. The summed E-state index contributed by atoms with van der Waals surface area (Å²) in [5.41, 5.74) is -0.0175. The predicted octanol–water partition coefficient (Wildman–Crippen LogP) is 3.22. The number of esters is 1. The normalized spacial score (nSPS) is 19.0. The maximum absolute atomic E-state index is 13.3. The molecular weight excluding hydrogens is 269 g/mol. The Morgan fingerprint density at radius 1 is 1.38 bits per heavy atom. The van der Waals surface area contributed by atoms with Crippen LogP contribution in [0.3, 0.4) is 0 Å². The van der Waals surface area contributed by atoms with Crippen molar-refractivity contribution in [2.45, 2.75) is 57.0 Å². The summed E-state index contributed by atoms with van der Waals surface area (Å²) in [4.78, 5) is 12.2. The highest BCUT2D eigenvalue weighted by Crippen LogP contribution is 2.23. The summed E-state index contributed by atoms with van der Waals surface area (Å²) in [7, 11) is 1.40. The molecule has 0 spiro atoms. The maximum atomic E-state index is 13.3. The fourth-order valence-electron chi connectivity index (χ4n) is 3.16. The van der Waals surface area contributed by atoms with Gasteiger partial charge in [-0.3, -0.25) is 10.1 Å². The molecule has 0 amide bonds. The summed E-state index contributed by atoms with van der Waals surface area (Å²) >= 11 is 0. The van der Waals surface area contributed by atoms with Crippen molar-refractivity contribution < 1.29 is 13.9 Å². The Morgan fingerprint density at radius 3 is 2.71 bits per heavy atom. The van der Waals surface area contributed by atoms with Crippen molar-refractivity contribution in [1.29, 1.82) is 0 Å². The molecule has 0 radical (unpaired) electrons. The lowest BCUT2D eigenvalue weighted by Gasteiger charge is -2.34. The van der Waals surface area contributed by atoms with Crippen LogP contribution in [0.4, 0.5) is 4.39 Å². The van der Waals surface area contributed by atoms with Gasteiger partial charge in [0.25, 0.3) is 0 Å². The van der Waals surface area contributed by atoms with Crippen LogP contribution < -0.4 is 5.32 Å². The minimum absolute atomic E-state index is 0.280. The molecule has 1 unspecified atom stereocenters. The first kappa shape index (κ1) is 16.0. The number of methoxy groups -OCH3 is 1. The predicted molar refractivity (Wildman–Crippen MR) is 80.5 cm³/mol. The van der Waals surface area contributed by atoms with Gasteiger partial charge in [0, 0.05) is 12.5 Å². The molecule has 1 aliphatic carbocycles. The van der Waals surface area contributed by atoms with Crippen molar-refractivity contribution in [3.63, 3.8) is 0 Å². The average molecular weight is 293 g/mol. The number of carbonyl (C=O) groups is 1. The van der Waals surface area contributed by atoms with Gasteiger partial charge in [-0.15, -0.1) is 0 Å². The van der Waals surface area contributed by atoms with Crippen LogP contribution in [0.1, 0.15) is 44.6 Å². The number of rotatable bonds is 5. The highest BCUT2D eigenvalue weighted by molar-refractivity contribution is 5.80.